The van der Waals surface area contributed by atoms with Crippen molar-refractivity contribution in [2.24, 2.45) is 10.7 Å². The molecule has 0 bridgehead atoms. The quantitative estimate of drug-likeness (QED) is 0.382. The molecule has 0 aromatic rings. The molecule has 2 rings (SSSR count). The van der Waals surface area contributed by atoms with Gasteiger partial charge in [-0.2, -0.15) is 0 Å². The average molecular weight is 411 g/mol. The van der Waals surface area contributed by atoms with Crippen LogP contribution in [0.2, 0.25) is 0 Å². The Labute approximate surface area is 143 Å². The summed E-state index contributed by atoms with van der Waals surface area (Å²) < 4.78 is 5.29. The van der Waals surface area contributed by atoms with Crippen LogP contribution in [0.5, 0.6) is 0 Å². The fourth-order valence-corrected chi connectivity index (χ4v) is 2.48. The van der Waals surface area contributed by atoms with Gasteiger partial charge in [0.1, 0.15) is 0 Å². The van der Waals surface area contributed by atoms with E-state index >= 15 is 0 Å². The lowest BCUT2D eigenvalue weighted by Gasteiger charge is -2.34. The molecule has 2 aliphatic rings. The zero-order valence-corrected chi connectivity index (χ0v) is 15.0. The first-order valence-corrected chi connectivity index (χ1v) is 7.27. The maximum atomic E-state index is 11.2. The molecule has 2 saturated heterocycles. The fraction of sp³-hybridized carbons (Fsp3) is 0.846. The van der Waals surface area contributed by atoms with Gasteiger partial charge in [-0.05, 0) is 0 Å². The van der Waals surface area contributed by atoms with Gasteiger partial charge in [-0.15, -0.1) is 24.0 Å². The Morgan fingerprint density at radius 1 is 1.10 bits per heavy atom. The molecule has 0 unspecified atom stereocenters. The third-order valence-corrected chi connectivity index (χ3v) is 3.84. The van der Waals surface area contributed by atoms with Crippen molar-refractivity contribution in [3.05, 3.63) is 0 Å². The molecule has 122 valence electrons. The van der Waals surface area contributed by atoms with Crippen LogP contribution >= 0.6 is 24.0 Å². The fourth-order valence-electron chi connectivity index (χ4n) is 2.48. The van der Waals surface area contributed by atoms with Crippen molar-refractivity contribution in [1.82, 2.24) is 14.7 Å². The van der Waals surface area contributed by atoms with E-state index in [1.165, 1.54) is 0 Å². The van der Waals surface area contributed by atoms with Crippen LogP contribution in [0.1, 0.15) is 6.92 Å². The van der Waals surface area contributed by atoms with Crippen molar-refractivity contribution in [2.75, 3.05) is 65.6 Å². The number of nitrogens with two attached hydrogens (primary N) is 1. The van der Waals surface area contributed by atoms with Crippen LogP contribution in [0.25, 0.3) is 0 Å². The number of morpholine rings is 1. The predicted molar refractivity (Wildman–Crippen MR) is 93.0 cm³/mol. The zero-order chi connectivity index (χ0) is 14.4. The van der Waals surface area contributed by atoms with E-state index in [0.29, 0.717) is 12.5 Å². The zero-order valence-electron chi connectivity index (χ0n) is 12.7. The van der Waals surface area contributed by atoms with Crippen LogP contribution in [0.15, 0.2) is 4.99 Å². The van der Waals surface area contributed by atoms with Crippen LogP contribution in [0, 0.1) is 0 Å². The van der Waals surface area contributed by atoms with Gasteiger partial charge in [-0.1, -0.05) is 0 Å². The first-order valence-electron chi connectivity index (χ1n) is 7.27. The third-order valence-electron chi connectivity index (χ3n) is 3.84. The number of rotatable bonds is 3. The van der Waals surface area contributed by atoms with Gasteiger partial charge >= 0.3 is 0 Å². The lowest BCUT2D eigenvalue weighted by atomic mass is 10.3. The van der Waals surface area contributed by atoms with Gasteiger partial charge in [0.25, 0.3) is 0 Å². The molecule has 0 aliphatic carbocycles. The number of hydrogen-bond donors (Lipinski definition) is 1. The van der Waals surface area contributed by atoms with E-state index in [4.69, 9.17) is 10.5 Å². The number of ether oxygens (including phenoxy) is 1. The molecule has 1 amide bonds. The van der Waals surface area contributed by atoms with Gasteiger partial charge in [0.2, 0.25) is 5.91 Å². The molecule has 2 fully saturated rings. The van der Waals surface area contributed by atoms with Crippen LogP contribution in [0.3, 0.4) is 0 Å². The minimum atomic E-state index is 0. The van der Waals surface area contributed by atoms with Crippen molar-refractivity contribution < 1.29 is 9.53 Å². The normalized spacial score (nSPS) is 21.1. The summed E-state index contributed by atoms with van der Waals surface area (Å²) in [6.45, 7) is 9.82. The van der Waals surface area contributed by atoms with E-state index in [2.05, 4.69) is 14.8 Å². The van der Waals surface area contributed by atoms with Crippen molar-refractivity contribution >= 4 is 35.8 Å². The Hall–Kier alpha value is -0.610. The number of aliphatic imine (C=N–C) groups is 1. The Morgan fingerprint density at radius 3 is 2.29 bits per heavy atom. The number of carbonyl (C=O) groups is 1. The molecule has 2 heterocycles. The van der Waals surface area contributed by atoms with Crippen LogP contribution in [-0.4, -0.2) is 92.1 Å². The van der Waals surface area contributed by atoms with Crippen molar-refractivity contribution in [3.8, 4) is 0 Å². The van der Waals surface area contributed by atoms with E-state index in [1.54, 1.807) is 6.92 Å². The maximum absolute atomic E-state index is 11.2. The number of hydrogen-bond acceptors (Lipinski definition) is 4. The number of amides is 1. The largest absolute Gasteiger partial charge is 0.378 e. The van der Waals surface area contributed by atoms with Crippen molar-refractivity contribution in [3.63, 3.8) is 0 Å². The van der Waals surface area contributed by atoms with Gasteiger partial charge in [-0.3, -0.25) is 14.7 Å². The second-order valence-corrected chi connectivity index (χ2v) is 5.19. The molecule has 8 heteroatoms. The third kappa shape index (κ3) is 5.95. The molecular weight excluding hydrogens is 385 g/mol. The maximum Gasteiger partial charge on any atom is 0.219 e. The minimum absolute atomic E-state index is 0. The summed E-state index contributed by atoms with van der Waals surface area (Å²) in [4.78, 5) is 22.0. The van der Waals surface area contributed by atoms with E-state index in [1.807, 2.05) is 4.90 Å². The summed E-state index contributed by atoms with van der Waals surface area (Å²) >= 11 is 0. The second-order valence-electron chi connectivity index (χ2n) is 5.19. The molecule has 0 aromatic heterocycles. The van der Waals surface area contributed by atoms with Crippen molar-refractivity contribution in [1.29, 1.82) is 0 Å². The smallest absolute Gasteiger partial charge is 0.219 e. The van der Waals surface area contributed by atoms with E-state index in [9.17, 15) is 4.79 Å². The number of carbonyl (C=O) groups excluding carboxylic acids is 1. The highest BCUT2D eigenvalue weighted by Crippen LogP contribution is 2.02. The predicted octanol–water partition coefficient (Wildman–Crippen LogP) is -0.585. The summed E-state index contributed by atoms with van der Waals surface area (Å²) in [5.74, 6) is 0.787. The molecule has 0 aromatic carbocycles. The molecule has 0 radical (unpaired) electrons. The summed E-state index contributed by atoms with van der Waals surface area (Å²) in [6.07, 6.45) is 0. The highest BCUT2D eigenvalue weighted by molar-refractivity contribution is 14.0. The Kier molecular flexibility index (Phi) is 8.27. The van der Waals surface area contributed by atoms with E-state index < -0.39 is 0 Å². The highest BCUT2D eigenvalue weighted by atomic mass is 127. The summed E-state index contributed by atoms with van der Waals surface area (Å²) in [5, 5.41) is 0. The first-order chi connectivity index (χ1) is 9.66. The molecule has 0 spiro atoms. The van der Waals surface area contributed by atoms with Crippen LogP contribution in [-0.2, 0) is 9.53 Å². The molecule has 0 saturated carbocycles. The topological polar surface area (TPSA) is 74.4 Å². The Bertz CT molecular complexity index is 352. The number of piperazine rings is 1. The summed E-state index contributed by atoms with van der Waals surface area (Å²) in [6, 6.07) is 0. The average Bonchev–Trinajstić information content (AvgIpc) is 2.48. The monoisotopic (exact) mass is 411 g/mol. The van der Waals surface area contributed by atoms with Gasteiger partial charge < -0.3 is 20.3 Å². The van der Waals surface area contributed by atoms with Crippen LogP contribution < -0.4 is 5.73 Å². The molecule has 21 heavy (non-hydrogen) atoms. The first kappa shape index (κ1) is 18.4. The van der Waals surface area contributed by atoms with Crippen molar-refractivity contribution in [2.45, 2.75) is 6.92 Å². The van der Waals surface area contributed by atoms with Gasteiger partial charge in [-0.25, -0.2) is 0 Å². The SMILES string of the molecule is CC(=O)N1CCN(CCN=C(N)N2CCOCC2)CC1.I. The highest BCUT2D eigenvalue weighted by Gasteiger charge is 2.18. The van der Waals surface area contributed by atoms with Gasteiger partial charge in [0, 0.05) is 52.7 Å². The van der Waals surface area contributed by atoms with Gasteiger partial charge in [0.05, 0.1) is 19.8 Å². The Balaban J connectivity index is 0.00000220. The molecular formula is C13H26IN5O2. The van der Waals surface area contributed by atoms with E-state index in [0.717, 1.165) is 59.0 Å². The lowest BCUT2D eigenvalue weighted by Crippen LogP contribution is -2.49. The molecule has 0 atom stereocenters. The number of halogens is 1. The second kappa shape index (κ2) is 9.42. The number of guanidine groups is 1. The molecule has 2 aliphatic heterocycles. The summed E-state index contributed by atoms with van der Waals surface area (Å²) in [7, 11) is 0. The van der Waals surface area contributed by atoms with Gasteiger partial charge in [0.15, 0.2) is 5.96 Å². The molecule has 2 N–H and O–H groups in total. The Morgan fingerprint density at radius 2 is 1.71 bits per heavy atom. The lowest BCUT2D eigenvalue weighted by molar-refractivity contribution is -0.130. The standard InChI is InChI=1S/C13H25N5O2.HI/c1-12(19)17-6-4-16(5-7-17)3-2-15-13(14)18-8-10-20-11-9-18;/h2-11H2,1H3,(H2,14,15);1H. The van der Waals surface area contributed by atoms with Crippen LogP contribution in [0.4, 0.5) is 0 Å². The summed E-state index contributed by atoms with van der Waals surface area (Å²) in [5.41, 5.74) is 5.97. The molecule has 7 nitrogen and oxygen atoms in total. The number of nitrogens with zero attached hydrogens (tertiary/aromatic N) is 4. The minimum Gasteiger partial charge on any atom is -0.378 e. The van der Waals surface area contributed by atoms with E-state index in [-0.39, 0.29) is 29.9 Å².